The maximum absolute atomic E-state index is 12.3. The third-order valence-electron chi connectivity index (χ3n) is 4.57. The molecule has 2 fully saturated rings. The van der Waals surface area contributed by atoms with Crippen molar-refractivity contribution in [1.29, 1.82) is 0 Å². The van der Waals surface area contributed by atoms with Crippen molar-refractivity contribution in [3.05, 3.63) is 11.8 Å². The van der Waals surface area contributed by atoms with Crippen molar-refractivity contribution in [1.82, 2.24) is 5.06 Å². The molecule has 0 aromatic carbocycles. The van der Waals surface area contributed by atoms with Gasteiger partial charge in [0.25, 0.3) is 5.91 Å². The Kier molecular flexibility index (Phi) is 3.97. The van der Waals surface area contributed by atoms with Gasteiger partial charge >= 0.3 is 0 Å². The van der Waals surface area contributed by atoms with Gasteiger partial charge in [0, 0.05) is 24.8 Å². The molecule has 0 radical (unpaired) electrons. The molecule has 5 nitrogen and oxygen atoms in total. The van der Waals surface area contributed by atoms with Gasteiger partial charge in [-0.2, -0.15) is 0 Å². The zero-order valence-electron chi connectivity index (χ0n) is 12.1. The topological polar surface area (TPSA) is 48.0 Å². The molecule has 1 aliphatic carbocycles. The monoisotopic (exact) mass is 299 g/mol. The fraction of sp³-hybridized carbons (Fsp3) is 0.786. The zero-order valence-corrected chi connectivity index (χ0v) is 12.9. The van der Waals surface area contributed by atoms with E-state index in [1.165, 1.54) is 12.2 Å². The molecule has 3 aliphatic rings. The Balaban J connectivity index is 1.79. The van der Waals surface area contributed by atoms with Crippen molar-refractivity contribution in [2.45, 2.75) is 31.5 Å². The molecule has 2 aliphatic heterocycles. The molecule has 20 heavy (non-hydrogen) atoms. The molecule has 5 atom stereocenters. The first kappa shape index (κ1) is 14.2. The van der Waals surface area contributed by atoms with Crippen LogP contribution in [0.5, 0.6) is 0 Å². The second-order valence-electron chi connectivity index (χ2n) is 5.45. The molecule has 2 heterocycles. The van der Waals surface area contributed by atoms with Gasteiger partial charge in [0.1, 0.15) is 5.44 Å². The van der Waals surface area contributed by atoms with Crippen LogP contribution in [0.25, 0.3) is 0 Å². The van der Waals surface area contributed by atoms with Crippen LogP contribution in [0.15, 0.2) is 11.8 Å². The lowest BCUT2D eigenvalue weighted by Gasteiger charge is -2.31. The Morgan fingerprint density at radius 3 is 3.05 bits per heavy atom. The summed E-state index contributed by atoms with van der Waals surface area (Å²) in [5.41, 5.74) is 0.937. The highest BCUT2D eigenvalue weighted by molar-refractivity contribution is 7.99. The van der Waals surface area contributed by atoms with Crippen LogP contribution in [0.4, 0.5) is 0 Å². The van der Waals surface area contributed by atoms with E-state index in [0.29, 0.717) is 11.8 Å². The number of hydrogen-bond acceptors (Lipinski definition) is 5. The van der Waals surface area contributed by atoms with E-state index in [1.807, 2.05) is 11.8 Å². The Hall–Kier alpha value is -0.720. The van der Waals surface area contributed by atoms with E-state index in [9.17, 15) is 4.79 Å². The van der Waals surface area contributed by atoms with Gasteiger partial charge in [-0.3, -0.25) is 9.63 Å². The molecular weight excluding hydrogens is 278 g/mol. The Bertz CT molecular complexity index is 427. The van der Waals surface area contributed by atoms with Crippen molar-refractivity contribution < 1.29 is 19.1 Å². The molecule has 0 unspecified atom stereocenters. The highest BCUT2D eigenvalue weighted by atomic mass is 32.2. The van der Waals surface area contributed by atoms with Crippen LogP contribution in [0.3, 0.4) is 0 Å². The third-order valence-corrected chi connectivity index (χ3v) is 5.69. The highest BCUT2D eigenvalue weighted by Crippen LogP contribution is 2.55. The second-order valence-corrected chi connectivity index (χ2v) is 6.82. The van der Waals surface area contributed by atoms with Gasteiger partial charge in [-0.25, -0.2) is 5.06 Å². The molecule has 1 amide bonds. The molecule has 1 saturated carbocycles. The first-order valence-corrected chi connectivity index (χ1v) is 8.17. The summed E-state index contributed by atoms with van der Waals surface area (Å²) < 4.78 is 11.7. The van der Waals surface area contributed by atoms with Gasteiger partial charge in [-0.1, -0.05) is 6.92 Å². The Morgan fingerprint density at radius 2 is 2.35 bits per heavy atom. The van der Waals surface area contributed by atoms with Crippen molar-refractivity contribution in [2.75, 3.05) is 19.9 Å². The van der Waals surface area contributed by atoms with Gasteiger partial charge in [-0.05, 0) is 18.6 Å². The number of hydrogen-bond donors (Lipinski definition) is 0. The molecule has 112 valence electrons. The minimum atomic E-state index is -0.180. The molecule has 0 aromatic heterocycles. The normalized spacial score (nSPS) is 38.1. The van der Waals surface area contributed by atoms with Gasteiger partial charge in [0.2, 0.25) is 6.29 Å². The zero-order chi connectivity index (χ0) is 14.3. The molecular formula is C14H21NO4S. The van der Waals surface area contributed by atoms with Crippen LogP contribution in [-0.2, 0) is 19.1 Å². The maximum Gasteiger partial charge on any atom is 0.276 e. The highest BCUT2D eigenvalue weighted by Gasteiger charge is 2.56. The lowest BCUT2D eigenvalue weighted by molar-refractivity contribution is -0.167. The lowest BCUT2D eigenvalue weighted by Crippen LogP contribution is -2.37. The number of thioether (sulfide) groups is 1. The summed E-state index contributed by atoms with van der Waals surface area (Å²) in [5.74, 6) is 1.98. The molecule has 0 bridgehead atoms. The van der Waals surface area contributed by atoms with Crippen LogP contribution in [0.2, 0.25) is 0 Å². The summed E-state index contributed by atoms with van der Waals surface area (Å²) >= 11 is 1.84. The van der Waals surface area contributed by atoms with E-state index in [0.717, 1.165) is 24.2 Å². The molecule has 6 heteroatoms. The first-order valence-electron chi connectivity index (χ1n) is 7.12. The van der Waals surface area contributed by atoms with E-state index in [2.05, 4.69) is 6.92 Å². The summed E-state index contributed by atoms with van der Waals surface area (Å²) in [4.78, 5) is 17.3. The fourth-order valence-electron chi connectivity index (χ4n) is 3.60. The second kappa shape index (κ2) is 5.58. The maximum atomic E-state index is 12.3. The minimum absolute atomic E-state index is 0.108. The number of hydroxylamine groups is 2. The van der Waals surface area contributed by atoms with E-state index in [4.69, 9.17) is 14.3 Å². The summed E-state index contributed by atoms with van der Waals surface area (Å²) in [6.07, 6.45) is 3.55. The SMILES string of the molecule is CCS[C@H]1O[C@@H]2OC=C(C(=O)N(C)OC)[C@H]3CC[C@H]1[C@H]23. The van der Waals surface area contributed by atoms with Crippen LogP contribution in [0, 0.1) is 17.8 Å². The van der Waals surface area contributed by atoms with Crippen molar-refractivity contribution in [3.63, 3.8) is 0 Å². The predicted octanol–water partition coefficient (Wildman–Crippen LogP) is 2.00. The number of carbonyl (C=O) groups is 1. The number of nitrogens with zero attached hydrogens (tertiary/aromatic N) is 1. The van der Waals surface area contributed by atoms with E-state index in [-0.39, 0.29) is 23.6 Å². The smallest absolute Gasteiger partial charge is 0.276 e. The predicted molar refractivity (Wildman–Crippen MR) is 75.4 cm³/mol. The molecule has 0 spiro atoms. The molecule has 0 N–H and O–H groups in total. The standard InChI is InChI=1S/C14H21NO4S/c1-4-20-14-9-6-5-8-10(12(16)15(2)17-3)7-18-13(19-14)11(8)9/h7-9,11,13-14H,4-6H2,1-3H3/t8-,9+,11-,13+,14-/m1/s1. The van der Waals surface area contributed by atoms with Crippen molar-refractivity contribution in [2.24, 2.45) is 17.8 Å². The van der Waals surface area contributed by atoms with E-state index >= 15 is 0 Å². The Morgan fingerprint density at radius 1 is 1.55 bits per heavy atom. The summed E-state index contributed by atoms with van der Waals surface area (Å²) in [6.45, 7) is 2.14. The molecule has 1 saturated heterocycles. The average molecular weight is 299 g/mol. The van der Waals surface area contributed by atoms with Crippen LogP contribution >= 0.6 is 11.8 Å². The summed E-state index contributed by atoms with van der Waals surface area (Å²) in [5, 5.41) is 1.26. The third kappa shape index (κ3) is 2.14. The summed E-state index contributed by atoms with van der Waals surface area (Å²) in [7, 11) is 3.12. The number of rotatable bonds is 4. The number of likely N-dealkylation sites (N-methyl/N-ethyl adjacent to an activating group) is 1. The number of ether oxygens (including phenoxy) is 2. The van der Waals surface area contributed by atoms with Gasteiger partial charge < -0.3 is 9.47 Å². The average Bonchev–Trinajstić information content (AvgIpc) is 3.04. The van der Waals surface area contributed by atoms with Gasteiger partial charge in [0.05, 0.1) is 18.9 Å². The molecule has 3 rings (SSSR count). The minimum Gasteiger partial charge on any atom is -0.472 e. The first-order chi connectivity index (χ1) is 9.67. The summed E-state index contributed by atoms with van der Waals surface area (Å²) in [6, 6.07) is 0. The number of carbonyl (C=O) groups excluding carboxylic acids is 1. The quantitative estimate of drug-likeness (QED) is 0.743. The van der Waals surface area contributed by atoms with Crippen LogP contribution in [-0.4, -0.2) is 42.6 Å². The fourth-order valence-corrected chi connectivity index (χ4v) is 4.68. The van der Waals surface area contributed by atoms with Gasteiger partial charge in [-0.15, -0.1) is 11.8 Å². The molecule has 0 aromatic rings. The van der Waals surface area contributed by atoms with Crippen LogP contribution in [0.1, 0.15) is 19.8 Å². The van der Waals surface area contributed by atoms with Crippen molar-refractivity contribution in [3.8, 4) is 0 Å². The number of amides is 1. The van der Waals surface area contributed by atoms with E-state index in [1.54, 1.807) is 13.3 Å². The van der Waals surface area contributed by atoms with Gasteiger partial charge in [0.15, 0.2) is 0 Å². The van der Waals surface area contributed by atoms with Crippen LogP contribution < -0.4 is 0 Å². The van der Waals surface area contributed by atoms with Crippen molar-refractivity contribution >= 4 is 17.7 Å². The lowest BCUT2D eigenvalue weighted by atomic mass is 9.84. The van der Waals surface area contributed by atoms with E-state index < -0.39 is 0 Å². The Labute approximate surface area is 123 Å². The largest absolute Gasteiger partial charge is 0.472 e.